The Labute approximate surface area is 118 Å². The number of carbonyl (C=O) groups excluding carboxylic acids is 1. The predicted molar refractivity (Wildman–Crippen MR) is 75.9 cm³/mol. The van der Waals surface area contributed by atoms with E-state index >= 15 is 0 Å². The van der Waals surface area contributed by atoms with Crippen molar-refractivity contribution in [3.8, 4) is 0 Å². The summed E-state index contributed by atoms with van der Waals surface area (Å²) in [7, 11) is 0. The summed E-state index contributed by atoms with van der Waals surface area (Å²) in [4.78, 5) is 14.2. The molecule has 0 saturated carbocycles. The molecular weight excluding hydrogens is 264 g/mol. The summed E-state index contributed by atoms with van der Waals surface area (Å²) in [5, 5.41) is 3.94. The van der Waals surface area contributed by atoms with E-state index in [-0.39, 0.29) is 12.4 Å². The normalized spacial score (nSPS) is 16.5. The van der Waals surface area contributed by atoms with Crippen molar-refractivity contribution in [1.29, 1.82) is 0 Å². The maximum absolute atomic E-state index is 11.8. The average Bonchev–Trinajstić information content (AvgIpc) is 2.45. The Morgan fingerprint density at radius 3 is 2.63 bits per heavy atom. The molecule has 0 spiro atoms. The highest BCUT2D eigenvalue weighted by Crippen LogP contribution is 2.10. The fraction of sp³-hybridized carbons (Fsp3) is 0.500. The first-order valence-electron chi connectivity index (χ1n) is 6.55. The molecule has 104 valence electrons. The summed E-state index contributed by atoms with van der Waals surface area (Å²) in [6, 6.07) is 6.89. The Balaban J connectivity index is 1.64. The number of rotatable bonds is 6. The molecule has 1 N–H and O–H groups in total. The zero-order valence-electron chi connectivity index (χ0n) is 10.9. The number of hydrogen-bond acceptors (Lipinski definition) is 4. The highest BCUT2D eigenvalue weighted by atomic mass is 35.5. The van der Waals surface area contributed by atoms with E-state index in [4.69, 9.17) is 16.3 Å². The van der Waals surface area contributed by atoms with Crippen LogP contribution in [-0.4, -0.2) is 56.6 Å². The number of ketones is 1. The Hall–Kier alpha value is -0.940. The second kappa shape index (κ2) is 7.60. The Morgan fingerprint density at radius 2 is 1.95 bits per heavy atom. The molecule has 0 atom stereocenters. The molecule has 2 rings (SSSR count). The molecule has 1 aromatic rings. The minimum absolute atomic E-state index is 0.00280. The molecule has 5 heteroatoms. The van der Waals surface area contributed by atoms with Crippen molar-refractivity contribution in [3.05, 3.63) is 34.9 Å². The molecular formula is C14H19ClN2O2. The standard InChI is InChI=1S/C14H19ClN2O2/c15-13-3-1-12(2-4-13)14(18)11-19-10-9-17-7-5-16-6-8-17/h1-4,16H,5-11H2. The van der Waals surface area contributed by atoms with Crippen LogP contribution >= 0.6 is 11.6 Å². The van der Waals surface area contributed by atoms with Crippen molar-refractivity contribution in [2.24, 2.45) is 0 Å². The van der Waals surface area contributed by atoms with E-state index in [1.165, 1.54) is 0 Å². The van der Waals surface area contributed by atoms with Crippen molar-refractivity contribution in [2.75, 3.05) is 45.9 Å². The van der Waals surface area contributed by atoms with Crippen LogP contribution in [0.3, 0.4) is 0 Å². The lowest BCUT2D eigenvalue weighted by molar-refractivity contribution is 0.0689. The van der Waals surface area contributed by atoms with Gasteiger partial charge in [-0.05, 0) is 24.3 Å². The van der Waals surface area contributed by atoms with Gasteiger partial charge in [0.05, 0.1) is 6.61 Å². The lowest BCUT2D eigenvalue weighted by Crippen LogP contribution is -2.44. The Morgan fingerprint density at radius 1 is 1.26 bits per heavy atom. The van der Waals surface area contributed by atoms with E-state index in [1.807, 2.05) is 0 Å². The minimum atomic E-state index is -0.00280. The molecule has 1 aromatic carbocycles. The van der Waals surface area contributed by atoms with Gasteiger partial charge < -0.3 is 10.1 Å². The smallest absolute Gasteiger partial charge is 0.188 e. The zero-order chi connectivity index (χ0) is 13.5. The first-order chi connectivity index (χ1) is 9.25. The van der Waals surface area contributed by atoms with Crippen LogP contribution in [0.25, 0.3) is 0 Å². The third-order valence-corrected chi connectivity index (χ3v) is 3.41. The van der Waals surface area contributed by atoms with Gasteiger partial charge in [-0.15, -0.1) is 0 Å². The molecule has 0 radical (unpaired) electrons. The zero-order valence-corrected chi connectivity index (χ0v) is 11.7. The molecule has 19 heavy (non-hydrogen) atoms. The monoisotopic (exact) mass is 282 g/mol. The minimum Gasteiger partial charge on any atom is -0.372 e. The largest absolute Gasteiger partial charge is 0.372 e. The van der Waals surface area contributed by atoms with Crippen LogP contribution in [0.1, 0.15) is 10.4 Å². The Kier molecular flexibility index (Phi) is 5.79. The fourth-order valence-corrected chi connectivity index (χ4v) is 2.14. The number of nitrogens with zero attached hydrogens (tertiary/aromatic N) is 1. The molecule has 0 bridgehead atoms. The van der Waals surface area contributed by atoms with E-state index in [0.29, 0.717) is 17.2 Å². The van der Waals surface area contributed by atoms with Gasteiger partial charge >= 0.3 is 0 Å². The van der Waals surface area contributed by atoms with Gasteiger partial charge in [0.15, 0.2) is 5.78 Å². The summed E-state index contributed by atoms with van der Waals surface area (Å²) in [6.07, 6.45) is 0. The molecule has 0 aromatic heterocycles. The number of ether oxygens (including phenoxy) is 1. The molecule has 0 amide bonds. The molecule has 0 aliphatic carbocycles. The molecule has 1 saturated heterocycles. The predicted octanol–water partition coefficient (Wildman–Crippen LogP) is 1.44. The lowest BCUT2D eigenvalue weighted by atomic mass is 10.1. The number of Topliss-reactive ketones (excluding diaryl/α,β-unsaturated/α-hetero) is 1. The van der Waals surface area contributed by atoms with Crippen LogP contribution in [0.4, 0.5) is 0 Å². The lowest BCUT2D eigenvalue weighted by Gasteiger charge is -2.26. The number of piperazine rings is 1. The molecule has 4 nitrogen and oxygen atoms in total. The van der Waals surface area contributed by atoms with E-state index in [9.17, 15) is 4.79 Å². The van der Waals surface area contributed by atoms with Gasteiger partial charge in [0.1, 0.15) is 6.61 Å². The van der Waals surface area contributed by atoms with Gasteiger partial charge in [-0.3, -0.25) is 9.69 Å². The molecule has 1 aliphatic rings. The highest BCUT2D eigenvalue weighted by molar-refractivity contribution is 6.30. The third kappa shape index (κ3) is 4.91. The maximum atomic E-state index is 11.8. The second-order valence-electron chi connectivity index (χ2n) is 4.57. The van der Waals surface area contributed by atoms with Crippen molar-refractivity contribution in [3.63, 3.8) is 0 Å². The van der Waals surface area contributed by atoms with Crippen LogP contribution in [0.2, 0.25) is 5.02 Å². The SMILES string of the molecule is O=C(COCCN1CCNCC1)c1ccc(Cl)cc1. The van der Waals surface area contributed by atoms with Crippen LogP contribution in [0.15, 0.2) is 24.3 Å². The molecule has 1 heterocycles. The number of benzene rings is 1. The van der Waals surface area contributed by atoms with Gasteiger partial charge in [0, 0.05) is 43.3 Å². The van der Waals surface area contributed by atoms with Gasteiger partial charge in [-0.25, -0.2) is 0 Å². The van der Waals surface area contributed by atoms with Crippen molar-refractivity contribution < 1.29 is 9.53 Å². The summed E-state index contributed by atoms with van der Waals surface area (Å²) >= 11 is 5.78. The van der Waals surface area contributed by atoms with E-state index < -0.39 is 0 Å². The first-order valence-corrected chi connectivity index (χ1v) is 6.93. The first kappa shape index (κ1) is 14.5. The maximum Gasteiger partial charge on any atom is 0.188 e. The van der Waals surface area contributed by atoms with Crippen LogP contribution in [0.5, 0.6) is 0 Å². The molecule has 1 fully saturated rings. The van der Waals surface area contributed by atoms with Crippen LogP contribution in [0, 0.1) is 0 Å². The van der Waals surface area contributed by atoms with Gasteiger partial charge in [0.25, 0.3) is 0 Å². The highest BCUT2D eigenvalue weighted by Gasteiger charge is 2.10. The molecule has 0 unspecified atom stereocenters. The van der Waals surface area contributed by atoms with Crippen molar-refractivity contribution in [1.82, 2.24) is 10.2 Å². The van der Waals surface area contributed by atoms with Gasteiger partial charge in [-0.1, -0.05) is 11.6 Å². The topological polar surface area (TPSA) is 41.6 Å². The average molecular weight is 283 g/mol. The van der Waals surface area contributed by atoms with Crippen LogP contribution in [-0.2, 0) is 4.74 Å². The summed E-state index contributed by atoms with van der Waals surface area (Å²) in [5.74, 6) is -0.00280. The quantitative estimate of drug-likeness (QED) is 0.633. The van der Waals surface area contributed by atoms with Crippen molar-refractivity contribution >= 4 is 17.4 Å². The summed E-state index contributed by atoms with van der Waals surface area (Å²) in [6.45, 7) is 5.78. The summed E-state index contributed by atoms with van der Waals surface area (Å²) in [5.41, 5.74) is 0.645. The molecule has 1 aliphatic heterocycles. The van der Waals surface area contributed by atoms with Crippen LogP contribution < -0.4 is 5.32 Å². The second-order valence-corrected chi connectivity index (χ2v) is 5.01. The van der Waals surface area contributed by atoms with E-state index in [0.717, 1.165) is 32.7 Å². The number of carbonyl (C=O) groups is 1. The van der Waals surface area contributed by atoms with Gasteiger partial charge in [-0.2, -0.15) is 0 Å². The fourth-order valence-electron chi connectivity index (χ4n) is 2.01. The number of hydrogen-bond donors (Lipinski definition) is 1. The number of halogens is 1. The summed E-state index contributed by atoms with van der Waals surface area (Å²) < 4.78 is 5.44. The third-order valence-electron chi connectivity index (χ3n) is 3.16. The van der Waals surface area contributed by atoms with E-state index in [2.05, 4.69) is 10.2 Å². The van der Waals surface area contributed by atoms with E-state index in [1.54, 1.807) is 24.3 Å². The number of nitrogens with one attached hydrogen (secondary N) is 1. The Bertz CT molecular complexity index is 402. The van der Waals surface area contributed by atoms with Gasteiger partial charge in [0.2, 0.25) is 0 Å². The van der Waals surface area contributed by atoms with Crippen molar-refractivity contribution in [2.45, 2.75) is 0 Å².